The lowest BCUT2D eigenvalue weighted by Gasteiger charge is -2.30. The Kier molecular flexibility index (Phi) is 6.06. The zero-order valence-corrected chi connectivity index (χ0v) is 16.5. The van der Waals surface area contributed by atoms with Crippen molar-refractivity contribution in [2.75, 3.05) is 25.6 Å². The van der Waals surface area contributed by atoms with Gasteiger partial charge in [-0.15, -0.1) is 11.8 Å². The monoisotopic (exact) mass is 392 g/mol. The van der Waals surface area contributed by atoms with E-state index in [1.165, 1.54) is 18.9 Å². The molecule has 1 aromatic carbocycles. The molecule has 27 heavy (non-hydrogen) atoms. The molecule has 1 aromatic rings. The number of ether oxygens (including phenoxy) is 2. The minimum absolute atomic E-state index is 0.00192. The average molecular weight is 392 g/mol. The molecular weight excluding hydrogens is 368 g/mol. The van der Waals surface area contributed by atoms with Crippen molar-refractivity contribution in [3.05, 3.63) is 23.8 Å². The molecule has 1 saturated carbocycles. The van der Waals surface area contributed by atoms with Crippen molar-refractivity contribution in [2.24, 2.45) is 0 Å². The largest absolute Gasteiger partial charge is 0.464 e. The Balaban J connectivity index is 1.88. The highest BCUT2D eigenvalue weighted by atomic mass is 32.2. The third kappa shape index (κ3) is 4.27. The summed E-state index contributed by atoms with van der Waals surface area (Å²) in [6.45, 7) is 3.89. The van der Waals surface area contributed by atoms with Gasteiger partial charge in [-0.1, -0.05) is 0 Å². The van der Waals surface area contributed by atoms with Crippen LogP contribution in [0.1, 0.15) is 37.0 Å². The average Bonchev–Trinajstić information content (AvgIpc) is 3.47. The second kappa shape index (κ2) is 8.31. The predicted octanol–water partition coefficient (Wildman–Crippen LogP) is 2.30. The van der Waals surface area contributed by atoms with E-state index in [1.54, 1.807) is 24.0 Å². The second-order valence-electron chi connectivity index (χ2n) is 6.63. The number of hydrogen-bond acceptors (Lipinski definition) is 6. The summed E-state index contributed by atoms with van der Waals surface area (Å²) in [5, 5.41) is 2.67. The molecule has 0 bridgehead atoms. The van der Waals surface area contributed by atoms with Crippen LogP contribution in [0.4, 0.5) is 5.69 Å². The molecule has 1 fully saturated rings. The SMILES string of the molecule is CCOC(=O)[C@@H](COC)N(C(=O)c1ccc2c(c1)NC(=O)[C@@H](C)S2)C1CC1. The van der Waals surface area contributed by atoms with E-state index in [0.29, 0.717) is 11.3 Å². The van der Waals surface area contributed by atoms with E-state index in [9.17, 15) is 14.4 Å². The van der Waals surface area contributed by atoms with Crippen molar-refractivity contribution in [3.8, 4) is 0 Å². The molecule has 0 spiro atoms. The minimum atomic E-state index is -0.782. The van der Waals surface area contributed by atoms with Crippen LogP contribution in [0.25, 0.3) is 0 Å². The zero-order chi connectivity index (χ0) is 19.6. The van der Waals surface area contributed by atoms with Gasteiger partial charge in [-0.05, 0) is 44.9 Å². The number of rotatable bonds is 7. The number of methoxy groups -OCH3 is 1. The molecule has 1 aliphatic heterocycles. The number of nitrogens with one attached hydrogen (secondary N) is 1. The Hall–Kier alpha value is -2.06. The summed E-state index contributed by atoms with van der Waals surface area (Å²) < 4.78 is 10.3. The molecular formula is C19H24N2O5S. The minimum Gasteiger partial charge on any atom is -0.464 e. The topological polar surface area (TPSA) is 84.9 Å². The number of anilines is 1. The van der Waals surface area contributed by atoms with Crippen molar-refractivity contribution in [1.29, 1.82) is 0 Å². The zero-order valence-electron chi connectivity index (χ0n) is 15.7. The van der Waals surface area contributed by atoms with Gasteiger partial charge in [0.05, 0.1) is 24.2 Å². The molecule has 8 heteroatoms. The summed E-state index contributed by atoms with van der Waals surface area (Å²) in [5.41, 5.74) is 1.06. The van der Waals surface area contributed by atoms with E-state index in [1.807, 2.05) is 13.0 Å². The van der Waals surface area contributed by atoms with E-state index in [4.69, 9.17) is 9.47 Å². The van der Waals surface area contributed by atoms with Gasteiger partial charge >= 0.3 is 5.97 Å². The maximum Gasteiger partial charge on any atom is 0.331 e. The van der Waals surface area contributed by atoms with Gasteiger partial charge in [0.1, 0.15) is 0 Å². The Morgan fingerprint density at radius 1 is 1.37 bits per heavy atom. The van der Waals surface area contributed by atoms with Crippen LogP contribution in [0.15, 0.2) is 23.1 Å². The normalized spacial score (nSPS) is 19.7. The van der Waals surface area contributed by atoms with Crippen molar-refractivity contribution in [3.63, 3.8) is 0 Å². The molecule has 2 amide bonds. The molecule has 3 rings (SSSR count). The Morgan fingerprint density at radius 3 is 2.74 bits per heavy atom. The summed E-state index contributed by atoms with van der Waals surface area (Å²) in [4.78, 5) is 40.1. The Labute approximate surface area is 162 Å². The number of hydrogen-bond donors (Lipinski definition) is 1. The summed E-state index contributed by atoms with van der Waals surface area (Å²) in [6, 6.07) is 4.47. The third-order valence-corrected chi connectivity index (χ3v) is 5.73. The Bertz CT molecular complexity index is 750. The first-order valence-electron chi connectivity index (χ1n) is 9.06. The van der Waals surface area contributed by atoms with Crippen LogP contribution in [-0.4, -0.2) is 60.3 Å². The van der Waals surface area contributed by atoms with Crippen LogP contribution in [0.2, 0.25) is 0 Å². The first-order chi connectivity index (χ1) is 13.0. The molecule has 7 nitrogen and oxygen atoms in total. The maximum absolute atomic E-state index is 13.2. The molecule has 0 saturated heterocycles. The number of carbonyl (C=O) groups excluding carboxylic acids is 3. The third-order valence-electron chi connectivity index (χ3n) is 4.55. The smallest absolute Gasteiger partial charge is 0.331 e. The molecule has 1 heterocycles. The van der Waals surface area contributed by atoms with Gasteiger partial charge in [0.25, 0.3) is 5.91 Å². The van der Waals surface area contributed by atoms with Crippen LogP contribution in [0, 0.1) is 0 Å². The molecule has 2 atom stereocenters. The van der Waals surface area contributed by atoms with Crippen molar-refractivity contribution >= 4 is 35.2 Å². The standard InChI is InChI=1S/C19H24N2O5S/c1-4-26-19(24)15(10-25-3)21(13-6-7-13)18(23)12-5-8-16-14(9-12)20-17(22)11(2)27-16/h5,8-9,11,13,15H,4,6-7,10H2,1-3H3,(H,20,22)/t11-,15-/m1/s1. The molecule has 0 unspecified atom stereocenters. The van der Waals surface area contributed by atoms with Gasteiger partial charge in [0, 0.05) is 23.6 Å². The maximum atomic E-state index is 13.2. The summed E-state index contributed by atoms with van der Waals surface area (Å²) in [6.07, 6.45) is 1.70. The van der Waals surface area contributed by atoms with Gasteiger partial charge in [-0.25, -0.2) is 4.79 Å². The predicted molar refractivity (Wildman–Crippen MR) is 102 cm³/mol. The van der Waals surface area contributed by atoms with Crippen LogP contribution in [0.3, 0.4) is 0 Å². The summed E-state index contributed by atoms with van der Waals surface area (Å²) in [5.74, 6) is -0.802. The fourth-order valence-corrected chi connectivity index (χ4v) is 3.99. The van der Waals surface area contributed by atoms with Crippen LogP contribution >= 0.6 is 11.8 Å². The van der Waals surface area contributed by atoms with Gasteiger partial charge in [-0.3, -0.25) is 9.59 Å². The van der Waals surface area contributed by atoms with E-state index in [-0.39, 0.29) is 36.3 Å². The van der Waals surface area contributed by atoms with Crippen LogP contribution < -0.4 is 5.32 Å². The molecule has 1 aliphatic carbocycles. The number of esters is 1. The lowest BCUT2D eigenvalue weighted by atomic mass is 10.1. The number of nitrogens with zero attached hydrogens (tertiary/aromatic N) is 1. The molecule has 0 aromatic heterocycles. The fourth-order valence-electron chi connectivity index (χ4n) is 3.06. The number of carbonyl (C=O) groups is 3. The van der Waals surface area contributed by atoms with Crippen LogP contribution in [0.5, 0.6) is 0 Å². The molecule has 2 aliphatic rings. The highest BCUT2D eigenvalue weighted by Gasteiger charge is 2.41. The molecule has 0 radical (unpaired) electrons. The number of benzene rings is 1. The van der Waals surface area contributed by atoms with E-state index >= 15 is 0 Å². The Morgan fingerprint density at radius 2 is 2.11 bits per heavy atom. The van der Waals surface area contributed by atoms with Gasteiger partial charge < -0.3 is 19.7 Å². The lowest BCUT2D eigenvalue weighted by molar-refractivity contribution is -0.150. The van der Waals surface area contributed by atoms with Crippen molar-refractivity contribution < 1.29 is 23.9 Å². The lowest BCUT2D eigenvalue weighted by Crippen LogP contribution is -2.49. The summed E-state index contributed by atoms with van der Waals surface area (Å²) in [7, 11) is 1.49. The summed E-state index contributed by atoms with van der Waals surface area (Å²) >= 11 is 1.46. The quantitative estimate of drug-likeness (QED) is 0.717. The molecule has 146 valence electrons. The first-order valence-corrected chi connectivity index (χ1v) is 9.94. The first kappa shape index (κ1) is 19.7. The van der Waals surface area contributed by atoms with Crippen molar-refractivity contribution in [1.82, 2.24) is 4.90 Å². The van der Waals surface area contributed by atoms with E-state index < -0.39 is 12.0 Å². The highest BCUT2D eigenvalue weighted by molar-refractivity contribution is 8.00. The second-order valence-corrected chi connectivity index (χ2v) is 8.01. The fraction of sp³-hybridized carbons (Fsp3) is 0.526. The van der Waals surface area contributed by atoms with Crippen LogP contribution in [-0.2, 0) is 19.1 Å². The number of thioether (sulfide) groups is 1. The highest BCUT2D eigenvalue weighted by Crippen LogP contribution is 2.37. The number of amides is 2. The van der Waals surface area contributed by atoms with Gasteiger partial charge in [0.15, 0.2) is 6.04 Å². The van der Waals surface area contributed by atoms with Gasteiger partial charge in [-0.2, -0.15) is 0 Å². The van der Waals surface area contributed by atoms with E-state index in [2.05, 4.69) is 5.32 Å². The number of fused-ring (bicyclic) bond motifs is 1. The van der Waals surface area contributed by atoms with Gasteiger partial charge in [0.2, 0.25) is 5.91 Å². The van der Waals surface area contributed by atoms with Crippen molar-refractivity contribution in [2.45, 2.75) is 48.9 Å². The van der Waals surface area contributed by atoms with E-state index in [0.717, 1.165) is 17.7 Å². The molecule has 1 N–H and O–H groups in total.